The zero-order valence-electron chi connectivity index (χ0n) is 13.0. The molecule has 1 saturated carbocycles. The van der Waals surface area contributed by atoms with Crippen LogP contribution in [0.3, 0.4) is 0 Å². The highest BCUT2D eigenvalue weighted by molar-refractivity contribution is 5.77. The summed E-state index contributed by atoms with van der Waals surface area (Å²) in [4.78, 5) is 12.0. The number of aromatic nitrogens is 2. The Morgan fingerprint density at radius 3 is 2.33 bits per heavy atom. The third-order valence-electron chi connectivity index (χ3n) is 5.09. The van der Waals surface area contributed by atoms with Crippen molar-refractivity contribution in [3.8, 4) is 0 Å². The van der Waals surface area contributed by atoms with E-state index >= 15 is 0 Å². The van der Waals surface area contributed by atoms with Crippen molar-refractivity contribution in [3.63, 3.8) is 0 Å². The average Bonchev–Trinajstić information content (AvgIpc) is 2.74. The molecule has 0 bridgehead atoms. The fourth-order valence-corrected chi connectivity index (χ4v) is 3.67. The van der Waals surface area contributed by atoms with Crippen molar-refractivity contribution in [2.24, 2.45) is 25.7 Å². The second kappa shape index (κ2) is 5.68. The van der Waals surface area contributed by atoms with E-state index in [1.165, 1.54) is 38.5 Å². The maximum Gasteiger partial charge on any atom is 0.328 e. The molecule has 1 aromatic heterocycles. The summed E-state index contributed by atoms with van der Waals surface area (Å²) >= 11 is 0. The molecule has 0 radical (unpaired) electrons. The third-order valence-corrected chi connectivity index (χ3v) is 5.09. The van der Waals surface area contributed by atoms with Gasteiger partial charge in [-0.1, -0.05) is 31.7 Å². The number of rotatable bonds is 2. The molecular weight excluding hydrogens is 262 g/mol. The van der Waals surface area contributed by atoms with Gasteiger partial charge in [0.05, 0.1) is 11.0 Å². The van der Waals surface area contributed by atoms with Crippen LogP contribution >= 0.6 is 0 Å². The number of fused-ring (bicyclic) bond motifs is 1. The van der Waals surface area contributed by atoms with Gasteiger partial charge >= 0.3 is 5.69 Å². The molecule has 21 heavy (non-hydrogen) atoms. The van der Waals surface area contributed by atoms with Crippen LogP contribution in [-0.2, 0) is 14.1 Å². The van der Waals surface area contributed by atoms with Crippen LogP contribution in [-0.4, -0.2) is 9.13 Å². The molecule has 3 rings (SSSR count). The van der Waals surface area contributed by atoms with Crippen molar-refractivity contribution < 1.29 is 0 Å². The van der Waals surface area contributed by atoms with Crippen molar-refractivity contribution in [2.45, 2.75) is 44.6 Å². The van der Waals surface area contributed by atoms with E-state index in [1.807, 2.05) is 20.2 Å². The quantitative estimate of drug-likeness (QED) is 0.864. The topological polar surface area (TPSA) is 53.0 Å². The van der Waals surface area contributed by atoms with Crippen LogP contribution in [0.1, 0.15) is 50.1 Å². The van der Waals surface area contributed by atoms with E-state index < -0.39 is 0 Å². The Kier molecular flexibility index (Phi) is 3.89. The predicted molar refractivity (Wildman–Crippen MR) is 86.3 cm³/mol. The molecule has 2 N–H and O–H groups in total. The first-order valence-electron chi connectivity index (χ1n) is 8.00. The number of imidazole rings is 1. The third kappa shape index (κ3) is 2.53. The molecule has 0 saturated heterocycles. The SMILES string of the molecule is Cn1c(=O)n(C)c2cc(C(N)C3CCCCCC3)ccc21. The fraction of sp³-hybridized carbons (Fsp3) is 0.588. The van der Waals surface area contributed by atoms with Gasteiger partial charge in [-0.25, -0.2) is 4.79 Å². The van der Waals surface area contributed by atoms with Crippen LogP contribution in [0.4, 0.5) is 0 Å². The lowest BCUT2D eigenvalue weighted by Gasteiger charge is -2.22. The first-order valence-corrected chi connectivity index (χ1v) is 8.00. The van der Waals surface area contributed by atoms with E-state index in [2.05, 4.69) is 12.1 Å². The Morgan fingerprint density at radius 2 is 1.67 bits per heavy atom. The largest absolute Gasteiger partial charge is 0.328 e. The summed E-state index contributed by atoms with van der Waals surface area (Å²) in [6.07, 6.45) is 7.74. The van der Waals surface area contributed by atoms with Crippen molar-refractivity contribution in [2.75, 3.05) is 0 Å². The number of hydrogen-bond donors (Lipinski definition) is 1. The molecule has 4 nitrogen and oxygen atoms in total. The van der Waals surface area contributed by atoms with Gasteiger partial charge in [-0.3, -0.25) is 9.13 Å². The van der Waals surface area contributed by atoms with Gasteiger partial charge in [0.1, 0.15) is 0 Å². The maximum atomic E-state index is 12.0. The van der Waals surface area contributed by atoms with Gasteiger partial charge in [0, 0.05) is 20.1 Å². The first kappa shape index (κ1) is 14.4. The highest BCUT2D eigenvalue weighted by Crippen LogP contribution is 2.32. The molecule has 4 heteroatoms. The Bertz CT molecular complexity index is 690. The molecule has 114 valence electrons. The van der Waals surface area contributed by atoms with Gasteiger partial charge in [-0.05, 0) is 36.5 Å². The van der Waals surface area contributed by atoms with Gasteiger partial charge in [0.2, 0.25) is 0 Å². The summed E-state index contributed by atoms with van der Waals surface area (Å²) in [7, 11) is 3.64. The number of nitrogens with two attached hydrogens (primary N) is 1. The summed E-state index contributed by atoms with van der Waals surface area (Å²) in [6, 6.07) is 6.31. The highest BCUT2D eigenvalue weighted by Gasteiger charge is 2.21. The van der Waals surface area contributed by atoms with Crippen molar-refractivity contribution in [1.82, 2.24) is 9.13 Å². The van der Waals surface area contributed by atoms with E-state index in [0.29, 0.717) is 5.92 Å². The summed E-state index contributed by atoms with van der Waals surface area (Å²) in [5, 5.41) is 0. The van der Waals surface area contributed by atoms with Gasteiger partial charge < -0.3 is 5.73 Å². The lowest BCUT2D eigenvalue weighted by Crippen LogP contribution is -2.21. The average molecular weight is 287 g/mol. The second-order valence-corrected chi connectivity index (χ2v) is 6.43. The van der Waals surface area contributed by atoms with Crippen LogP contribution in [0.25, 0.3) is 11.0 Å². The summed E-state index contributed by atoms with van der Waals surface area (Å²) < 4.78 is 3.40. The lowest BCUT2D eigenvalue weighted by molar-refractivity contribution is 0.382. The molecular formula is C17H25N3O. The van der Waals surface area contributed by atoms with Crippen molar-refractivity contribution in [1.29, 1.82) is 0 Å². The van der Waals surface area contributed by atoms with Gasteiger partial charge in [-0.15, -0.1) is 0 Å². The Balaban J connectivity index is 1.96. The molecule has 1 atom stereocenters. The molecule has 1 aliphatic rings. The van der Waals surface area contributed by atoms with E-state index in [1.54, 1.807) is 9.13 Å². The maximum absolute atomic E-state index is 12.0. The second-order valence-electron chi connectivity index (χ2n) is 6.43. The first-order chi connectivity index (χ1) is 10.1. The van der Waals surface area contributed by atoms with Crippen LogP contribution in [0.5, 0.6) is 0 Å². The van der Waals surface area contributed by atoms with E-state index in [-0.39, 0.29) is 11.7 Å². The Labute approximate surface area is 125 Å². The van der Waals surface area contributed by atoms with Gasteiger partial charge in [0.15, 0.2) is 0 Å². The molecule has 0 spiro atoms. The monoisotopic (exact) mass is 287 g/mol. The number of benzene rings is 1. The molecule has 2 aromatic rings. The highest BCUT2D eigenvalue weighted by atomic mass is 16.1. The number of nitrogens with zero attached hydrogens (tertiary/aromatic N) is 2. The van der Waals surface area contributed by atoms with Crippen LogP contribution in [0.15, 0.2) is 23.0 Å². The summed E-state index contributed by atoms with van der Waals surface area (Å²) in [6.45, 7) is 0. The van der Waals surface area contributed by atoms with Crippen molar-refractivity contribution in [3.05, 3.63) is 34.2 Å². The molecule has 0 aliphatic heterocycles. The van der Waals surface area contributed by atoms with Crippen LogP contribution < -0.4 is 11.4 Å². The van der Waals surface area contributed by atoms with E-state index in [9.17, 15) is 4.79 Å². The molecule has 1 unspecified atom stereocenters. The van der Waals surface area contributed by atoms with Crippen LogP contribution in [0, 0.1) is 5.92 Å². The van der Waals surface area contributed by atoms with E-state index in [4.69, 9.17) is 5.73 Å². The Hall–Kier alpha value is -1.55. The molecule has 1 heterocycles. The zero-order chi connectivity index (χ0) is 15.0. The normalized spacial score (nSPS) is 18.8. The Morgan fingerprint density at radius 1 is 1.05 bits per heavy atom. The molecule has 0 amide bonds. The fourth-order valence-electron chi connectivity index (χ4n) is 3.67. The summed E-state index contributed by atoms with van der Waals surface area (Å²) in [5.41, 5.74) is 9.66. The number of aryl methyl sites for hydroxylation is 2. The minimum Gasteiger partial charge on any atom is -0.324 e. The minimum absolute atomic E-state index is 0.0187. The van der Waals surface area contributed by atoms with Gasteiger partial charge in [-0.2, -0.15) is 0 Å². The standard InChI is InChI=1S/C17H25N3O/c1-19-14-10-9-13(11-15(14)20(2)17(19)21)16(18)12-7-5-3-4-6-8-12/h9-12,16H,3-8,18H2,1-2H3. The smallest absolute Gasteiger partial charge is 0.324 e. The molecule has 1 aliphatic carbocycles. The minimum atomic E-state index is 0.0187. The predicted octanol–water partition coefficient (Wildman–Crippen LogP) is 2.85. The number of hydrogen-bond acceptors (Lipinski definition) is 2. The summed E-state index contributed by atoms with van der Waals surface area (Å²) in [5.74, 6) is 0.575. The van der Waals surface area contributed by atoms with Crippen LogP contribution in [0.2, 0.25) is 0 Å². The van der Waals surface area contributed by atoms with E-state index in [0.717, 1.165) is 16.6 Å². The zero-order valence-corrected chi connectivity index (χ0v) is 13.0. The molecule has 1 fully saturated rings. The lowest BCUT2D eigenvalue weighted by atomic mass is 9.88. The van der Waals surface area contributed by atoms with Crippen molar-refractivity contribution >= 4 is 11.0 Å². The molecule has 1 aromatic carbocycles. The van der Waals surface area contributed by atoms with Gasteiger partial charge in [0.25, 0.3) is 0 Å².